The molecule has 30 heavy (non-hydrogen) atoms. The number of aromatic nitrogens is 2. The second-order valence-corrected chi connectivity index (χ2v) is 7.49. The van der Waals surface area contributed by atoms with Crippen LogP contribution in [0.5, 0.6) is 0 Å². The van der Waals surface area contributed by atoms with E-state index in [9.17, 15) is 14.4 Å². The number of nitrogens with one attached hydrogen (secondary N) is 2. The van der Waals surface area contributed by atoms with Gasteiger partial charge in [-0.05, 0) is 43.9 Å². The van der Waals surface area contributed by atoms with Crippen molar-refractivity contribution >= 4 is 23.6 Å². The van der Waals surface area contributed by atoms with E-state index >= 15 is 0 Å². The molecule has 0 aliphatic carbocycles. The molecule has 1 saturated heterocycles. The second-order valence-electron chi connectivity index (χ2n) is 7.49. The third-order valence-corrected chi connectivity index (χ3v) is 5.46. The molecule has 2 aromatic heterocycles. The number of likely N-dealkylation sites (tertiary alicyclic amines) is 1. The lowest BCUT2D eigenvalue weighted by Crippen LogP contribution is -2.42. The van der Waals surface area contributed by atoms with Gasteiger partial charge in [0.2, 0.25) is 5.91 Å². The van der Waals surface area contributed by atoms with E-state index in [0.29, 0.717) is 60.7 Å². The van der Waals surface area contributed by atoms with Crippen LogP contribution in [-0.2, 0) is 16.0 Å². The van der Waals surface area contributed by atoms with Gasteiger partial charge in [-0.2, -0.15) is 0 Å². The molecule has 0 radical (unpaired) electrons. The Morgan fingerprint density at radius 3 is 2.60 bits per heavy atom. The lowest BCUT2D eigenvalue weighted by atomic mass is 9.95. The number of aryl methyl sites for hydroxylation is 1. The highest BCUT2D eigenvalue weighted by atomic mass is 16.5. The summed E-state index contributed by atoms with van der Waals surface area (Å²) in [5.74, 6) is -0.280. The first-order valence-corrected chi connectivity index (χ1v) is 10.3. The molecule has 1 aliphatic rings. The summed E-state index contributed by atoms with van der Waals surface area (Å²) in [4.78, 5) is 46.8. The average molecular weight is 412 g/mol. The number of anilines is 1. The van der Waals surface area contributed by atoms with E-state index in [4.69, 9.17) is 4.74 Å². The minimum atomic E-state index is -0.434. The van der Waals surface area contributed by atoms with Gasteiger partial charge in [0.25, 0.3) is 5.91 Å². The topological polar surface area (TPSA) is 104 Å². The highest BCUT2D eigenvalue weighted by Crippen LogP contribution is 2.26. The smallest absolute Gasteiger partial charge is 0.339 e. The number of amides is 2. The quantitative estimate of drug-likeness (QED) is 0.710. The van der Waals surface area contributed by atoms with E-state index in [1.165, 1.54) is 7.11 Å². The molecule has 1 aliphatic heterocycles. The van der Waals surface area contributed by atoms with Crippen LogP contribution in [0.4, 0.5) is 5.82 Å². The summed E-state index contributed by atoms with van der Waals surface area (Å²) < 4.78 is 4.90. The largest absolute Gasteiger partial charge is 0.465 e. The van der Waals surface area contributed by atoms with Crippen LogP contribution in [0.1, 0.15) is 58.3 Å². The maximum Gasteiger partial charge on any atom is 0.339 e. The summed E-state index contributed by atoms with van der Waals surface area (Å²) in [5, 5.41) is 2.83. The molecule has 0 saturated carbocycles. The summed E-state index contributed by atoms with van der Waals surface area (Å²) in [6.07, 6.45) is 4.20. The highest BCUT2D eigenvalue weighted by molar-refractivity contribution is 6.01. The van der Waals surface area contributed by atoms with Gasteiger partial charge in [0.05, 0.1) is 12.7 Å². The van der Waals surface area contributed by atoms with Crippen LogP contribution in [0.3, 0.4) is 0 Å². The lowest BCUT2D eigenvalue weighted by Gasteiger charge is -2.31. The fourth-order valence-corrected chi connectivity index (χ4v) is 3.91. The van der Waals surface area contributed by atoms with Gasteiger partial charge < -0.3 is 19.9 Å². The number of nitrogens with zero attached hydrogens (tertiary/aromatic N) is 2. The molecule has 8 nitrogen and oxygen atoms in total. The molecular formula is C22H28N4O4. The van der Waals surface area contributed by atoms with E-state index < -0.39 is 5.97 Å². The molecule has 0 atom stereocenters. The van der Waals surface area contributed by atoms with E-state index in [0.717, 1.165) is 6.42 Å². The Balaban J connectivity index is 1.68. The Hall–Kier alpha value is -3.16. The van der Waals surface area contributed by atoms with Crippen LogP contribution in [0.2, 0.25) is 0 Å². The molecule has 2 N–H and O–H groups in total. The first-order valence-electron chi connectivity index (χ1n) is 10.3. The van der Waals surface area contributed by atoms with Gasteiger partial charge in [-0.1, -0.05) is 19.4 Å². The standard InChI is InChI=1S/C22H28N4O4/c1-4-7-16-18(22(29)30-3)14(2)24-19(16)21(28)26-12-9-15(10-13-26)20(27)25-17-8-5-6-11-23-17/h5-6,8,11,15,24H,4,7,9-10,12-13H2,1-3H3,(H,23,25,27). The summed E-state index contributed by atoms with van der Waals surface area (Å²) in [5.41, 5.74) is 2.25. The number of pyridine rings is 1. The van der Waals surface area contributed by atoms with Crippen molar-refractivity contribution in [2.75, 3.05) is 25.5 Å². The SMILES string of the molecule is CCCc1c(C(=O)N2CCC(C(=O)Nc3ccccn3)CC2)[nH]c(C)c1C(=O)OC. The van der Waals surface area contributed by atoms with Crippen molar-refractivity contribution in [1.82, 2.24) is 14.9 Å². The summed E-state index contributed by atoms with van der Waals surface area (Å²) in [6.45, 7) is 4.74. The maximum atomic E-state index is 13.2. The predicted octanol–water partition coefficient (Wildman–Crippen LogP) is 2.95. The molecule has 0 aromatic carbocycles. The van der Waals surface area contributed by atoms with Crippen molar-refractivity contribution in [3.63, 3.8) is 0 Å². The number of methoxy groups -OCH3 is 1. The Morgan fingerprint density at radius 2 is 2.00 bits per heavy atom. The Kier molecular flexibility index (Phi) is 6.87. The third kappa shape index (κ3) is 4.53. The van der Waals surface area contributed by atoms with Crippen molar-refractivity contribution < 1.29 is 19.1 Å². The maximum absolute atomic E-state index is 13.2. The molecule has 0 spiro atoms. The molecule has 0 bridgehead atoms. The van der Waals surface area contributed by atoms with Gasteiger partial charge in [-0.3, -0.25) is 9.59 Å². The van der Waals surface area contributed by atoms with E-state index in [1.807, 2.05) is 13.0 Å². The number of rotatable bonds is 6. The number of esters is 1. The molecule has 3 heterocycles. The number of aromatic amines is 1. The first-order chi connectivity index (χ1) is 14.5. The van der Waals surface area contributed by atoms with Crippen LogP contribution in [0, 0.1) is 12.8 Å². The van der Waals surface area contributed by atoms with Crippen LogP contribution >= 0.6 is 0 Å². The number of carbonyl (C=O) groups excluding carboxylic acids is 3. The fraction of sp³-hybridized carbons (Fsp3) is 0.455. The molecule has 3 rings (SSSR count). The summed E-state index contributed by atoms with van der Waals surface area (Å²) in [7, 11) is 1.34. The van der Waals surface area contributed by atoms with Gasteiger partial charge >= 0.3 is 5.97 Å². The number of H-pyrrole nitrogens is 1. The van der Waals surface area contributed by atoms with Gasteiger partial charge in [-0.25, -0.2) is 9.78 Å². The van der Waals surface area contributed by atoms with E-state index in [-0.39, 0.29) is 17.7 Å². The Labute approximate surface area is 176 Å². The van der Waals surface area contributed by atoms with E-state index in [2.05, 4.69) is 15.3 Å². The normalized spacial score (nSPS) is 14.4. The molecule has 0 unspecified atom stereocenters. The van der Waals surface area contributed by atoms with Crippen LogP contribution in [0.25, 0.3) is 0 Å². The summed E-state index contributed by atoms with van der Waals surface area (Å²) >= 11 is 0. The molecule has 160 valence electrons. The van der Waals surface area contributed by atoms with Crippen LogP contribution < -0.4 is 5.32 Å². The predicted molar refractivity (Wildman–Crippen MR) is 112 cm³/mol. The average Bonchev–Trinajstić information content (AvgIpc) is 3.09. The third-order valence-electron chi connectivity index (χ3n) is 5.46. The minimum Gasteiger partial charge on any atom is -0.465 e. The summed E-state index contributed by atoms with van der Waals surface area (Å²) in [6, 6.07) is 5.36. The zero-order valence-electron chi connectivity index (χ0n) is 17.7. The van der Waals surface area contributed by atoms with Crippen molar-refractivity contribution in [2.45, 2.75) is 39.5 Å². The molecular weight excluding hydrogens is 384 g/mol. The molecule has 1 fully saturated rings. The second kappa shape index (κ2) is 9.56. The van der Waals surface area contributed by atoms with Crippen LogP contribution in [-0.4, -0.2) is 52.9 Å². The molecule has 2 amide bonds. The number of piperidine rings is 1. The van der Waals surface area contributed by atoms with Crippen molar-refractivity contribution in [2.24, 2.45) is 5.92 Å². The minimum absolute atomic E-state index is 0.0730. The van der Waals surface area contributed by atoms with Crippen molar-refractivity contribution in [3.05, 3.63) is 46.9 Å². The molecule has 2 aromatic rings. The van der Waals surface area contributed by atoms with Gasteiger partial charge in [0.15, 0.2) is 0 Å². The number of ether oxygens (including phenoxy) is 1. The monoisotopic (exact) mass is 412 g/mol. The van der Waals surface area contributed by atoms with E-state index in [1.54, 1.807) is 30.2 Å². The highest BCUT2D eigenvalue weighted by Gasteiger charge is 2.31. The fourth-order valence-electron chi connectivity index (χ4n) is 3.91. The number of hydrogen-bond acceptors (Lipinski definition) is 5. The van der Waals surface area contributed by atoms with Crippen molar-refractivity contribution in [1.29, 1.82) is 0 Å². The zero-order chi connectivity index (χ0) is 21.7. The van der Waals surface area contributed by atoms with Gasteiger partial charge in [0, 0.05) is 30.9 Å². The number of hydrogen-bond donors (Lipinski definition) is 2. The first kappa shape index (κ1) is 21.5. The number of carbonyl (C=O) groups is 3. The lowest BCUT2D eigenvalue weighted by molar-refractivity contribution is -0.121. The Bertz CT molecular complexity index is 915. The van der Waals surface area contributed by atoms with Gasteiger partial charge in [0.1, 0.15) is 11.5 Å². The van der Waals surface area contributed by atoms with Crippen LogP contribution in [0.15, 0.2) is 24.4 Å². The Morgan fingerprint density at radius 1 is 1.27 bits per heavy atom. The molecule has 8 heteroatoms. The van der Waals surface area contributed by atoms with Crippen molar-refractivity contribution in [3.8, 4) is 0 Å². The van der Waals surface area contributed by atoms with Gasteiger partial charge in [-0.15, -0.1) is 0 Å². The zero-order valence-corrected chi connectivity index (χ0v) is 17.7.